The van der Waals surface area contributed by atoms with Crippen molar-refractivity contribution in [2.75, 3.05) is 0 Å². The minimum atomic E-state index is 0.779. The van der Waals surface area contributed by atoms with Gasteiger partial charge in [-0.25, -0.2) is 0 Å². The standard InChI is InChI=1S/C39H25N5/c1-3-12-26(13-4-1)28-16-9-18-30(24-28)43-33-21-8-7-20-32(33)35-38(43)39-37(42-41-35)36-34(22-11-23-40-36)44(39)31-19-10-17-29(25-31)27-14-5-2-6-15-27/h1-25H. The van der Waals surface area contributed by atoms with Crippen LogP contribution in [0.2, 0.25) is 0 Å². The van der Waals surface area contributed by atoms with E-state index >= 15 is 0 Å². The van der Waals surface area contributed by atoms with E-state index in [1.165, 1.54) is 11.1 Å². The van der Waals surface area contributed by atoms with Gasteiger partial charge < -0.3 is 9.13 Å². The topological polar surface area (TPSA) is 48.5 Å². The first kappa shape index (κ1) is 24.5. The van der Waals surface area contributed by atoms with E-state index in [1.807, 2.05) is 18.3 Å². The Morgan fingerprint density at radius 1 is 0.386 bits per heavy atom. The maximum absolute atomic E-state index is 4.86. The molecule has 0 saturated heterocycles. The summed E-state index contributed by atoms with van der Waals surface area (Å²) >= 11 is 0. The predicted octanol–water partition coefficient (Wildman–Crippen LogP) is 9.40. The van der Waals surface area contributed by atoms with Crippen LogP contribution in [-0.2, 0) is 0 Å². The van der Waals surface area contributed by atoms with E-state index in [-0.39, 0.29) is 0 Å². The lowest BCUT2D eigenvalue weighted by atomic mass is 10.1. The van der Waals surface area contributed by atoms with Crippen molar-refractivity contribution >= 4 is 44.0 Å². The van der Waals surface area contributed by atoms with Crippen LogP contribution >= 0.6 is 0 Å². The third kappa shape index (κ3) is 3.69. The Kier molecular flexibility index (Phi) is 5.43. The fourth-order valence-corrected chi connectivity index (χ4v) is 6.50. The molecule has 0 saturated carbocycles. The zero-order chi connectivity index (χ0) is 29.0. The lowest BCUT2D eigenvalue weighted by Crippen LogP contribution is -2.00. The first-order chi connectivity index (χ1) is 21.8. The van der Waals surface area contributed by atoms with E-state index in [0.29, 0.717) is 0 Å². The average Bonchev–Trinajstić information content (AvgIpc) is 3.62. The van der Waals surface area contributed by atoms with Gasteiger partial charge in [0.2, 0.25) is 0 Å². The van der Waals surface area contributed by atoms with Crippen LogP contribution in [0, 0.1) is 0 Å². The molecule has 4 heterocycles. The molecule has 0 unspecified atom stereocenters. The third-order valence-electron chi connectivity index (χ3n) is 8.44. The Hall–Kier alpha value is -6.07. The Balaban J connectivity index is 1.42. The summed E-state index contributed by atoms with van der Waals surface area (Å²) in [6, 6.07) is 51.0. The molecule has 206 valence electrons. The molecule has 0 aliphatic carbocycles. The van der Waals surface area contributed by atoms with Crippen molar-refractivity contribution in [1.82, 2.24) is 24.3 Å². The molecule has 0 aliphatic heterocycles. The fraction of sp³-hybridized carbons (Fsp3) is 0. The second-order valence-electron chi connectivity index (χ2n) is 11.0. The fourth-order valence-electron chi connectivity index (χ4n) is 6.50. The third-order valence-corrected chi connectivity index (χ3v) is 8.44. The minimum Gasteiger partial charge on any atom is -0.306 e. The zero-order valence-electron chi connectivity index (χ0n) is 23.7. The summed E-state index contributed by atoms with van der Waals surface area (Å²) in [6.07, 6.45) is 1.83. The molecule has 0 spiro atoms. The molecule has 0 N–H and O–H groups in total. The van der Waals surface area contributed by atoms with Crippen LogP contribution in [0.1, 0.15) is 0 Å². The van der Waals surface area contributed by atoms with Gasteiger partial charge in [-0.2, -0.15) is 0 Å². The molecular formula is C39H25N5. The molecule has 44 heavy (non-hydrogen) atoms. The molecule has 0 fully saturated rings. The van der Waals surface area contributed by atoms with E-state index in [4.69, 9.17) is 15.2 Å². The summed E-state index contributed by atoms with van der Waals surface area (Å²) in [6.45, 7) is 0. The van der Waals surface area contributed by atoms with Gasteiger partial charge in [0, 0.05) is 23.0 Å². The van der Waals surface area contributed by atoms with E-state index in [0.717, 1.165) is 66.5 Å². The molecule has 0 atom stereocenters. The number of pyridine rings is 1. The summed E-state index contributed by atoms with van der Waals surface area (Å²) in [4.78, 5) is 4.82. The van der Waals surface area contributed by atoms with Crippen LogP contribution < -0.4 is 0 Å². The first-order valence-corrected chi connectivity index (χ1v) is 14.7. The molecule has 0 aliphatic rings. The van der Waals surface area contributed by atoms with Crippen LogP contribution in [-0.4, -0.2) is 24.3 Å². The summed E-state index contributed by atoms with van der Waals surface area (Å²) < 4.78 is 4.64. The highest BCUT2D eigenvalue weighted by atomic mass is 15.2. The van der Waals surface area contributed by atoms with Gasteiger partial charge in [0.05, 0.1) is 11.0 Å². The minimum absolute atomic E-state index is 0.779. The molecule has 5 heteroatoms. The highest BCUT2D eigenvalue weighted by molar-refractivity contribution is 6.20. The lowest BCUT2D eigenvalue weighted by Gasteiger charge is -2.13. The van der Waals surface area contributed by atoms with Gasteiger partial charge in [-0.05, 0) is 64.7 Å². The number of fused-ring (bicyclic) bond motifs is 7. The largest absolute Gasteiger partial charge is 0.306 e. The van der Waals surface area contributed by atoms with Gasteiger partial charge in [0.25, 0.3) is 0 Å². The first-order valence-electron chi connectivity index (χ1n) is 14.7. The summed E-state index contributed by atoms with van der Waals surface area (Å²) in [5.74, 6) is 0. The van der Waals surface area contributed by atoms with Crippen molar-refractivity contribution in [2.24, 2.45) is 0 Å². The van der Waals surface area contributed by atoms with Crippen molar-refractivity contribution in [3.63, 3.8) is 0 Å². The molecular weight excluding hydrogens is 538 g/mol. The average molecular weight is 564 g/mol. The maximum Gasteiger partial charge on any atom is 0.140 e. The van der Waals surface area contributed by atoms with Gasteiger partial charge in [0.15, 0.2) is 0 Å². The number of hydrogen-bond acceptors (Lipinski definition) is 3. The molecule has 4 aromatic heterocycles. The number of hydrogen-bond donors (Lipinski definition) is 0. The van der Waals surface area contributed by atoms with Gasteiger partial charge in [0.1, 0.15) is 27.6 Å². The Labute approximate surface area is 253 Å². The Morgan fingerprint density at radius 3 is 1.59 bits per heavy atom. The van der Waals surface area contributed by atoms with Crippen molar-refractivity contribution in [2.45, 2.75) is 0 Å². The lowest BCUT2D eigenvalue weighted by molar-refractivity contribution is 1.10. The van der Waals surface area contributed by atoms with Crippen molar-refractivity contribution in [3.8, 4) is 33.6 Å². The zero-order valence-corrected chi connectivity index (χ0v) is 23.7. The van der Waals surface area contributed by atoms with E-state index in [1.54, 1.807) is 0 Å². The number of aromatic nitrogens is 5. The smallest absolute Gasteiger partial charge is 0.140 e. The molecule has 5 aromatic carbocycles. The molecule has 5 nitrogen and oxygen atoms in total. The SMILES string of the molecule is c1ccc(-c2cccc(-n3c4ccccc4c4nnc5c6ncccc6n(-c6cccc(-c7ccccc7)c6)c5c43)c2)cc1. The van der Waals surface area contributed by atoms with Gasteiger partial charge >= 0.3 is 0 Å². The highest BCUT2D eigenvalue weighted by Gasteiger charge is 2.24. The molecule has 0 bridgehead atoms. The van der Waals surface area contributed by atoms with Crippen LogP contribution in [0.3, 0.4) is 0 Å². The van der Waals surface area contributed by atoms with Crippen molar-refractivity contribution in [3.05, 3.63) is 152 Å². The molecule has 0 radical (unpaired) electrons. The molecule has 9 aromatic rings. The maximum atomic E-state index is 4.86. The summed E-state index contributed by atoms with van der Waals surface area (Å²) in [7, 11) is 0. The number of nitrogens with zero attached hydrogens (tertiary/aromatic N) is 5. The van der Waals surface area contributed by atoms with Crippen LogP contribution in [0.4, 0.5) is 0 Å². The van der Waals surface area contributed by atoms with Crippen molar-refractivity contribution < 1.29 is 0 Å². The number of benzene rings is 5. The molecule has 0 amide bonds. The quantitative estimate of drug-likeness (QED) is 0.214. The predicted molar refractivity (Wildman–Crippen MR) is 179 cm³/mol. The Morgan fingerprint density at radius 2 is 0.909 bits per heavy atom. The monoisotopic (exact) mass is 563 g/mol. The van der Waals surface area contributed by atoms with E-state index in [9.17, 15) is 0 Å². The van der Waals surface area contributed by atoms with Crippen LogP contribution in [0.15, 0.2) is 152 Å². The van der Waals surface area contributed by atoms with Crippen LogP contribution in [0.25, 0.3) is 77.6 Å². The second-order valence-corrected chi connectivity index (χ2v) is 11.0. The second kappa shape index (κ2) is 9.75. The normalized spacial score (nSPS) is 11.6. The highest BCUT2D eigenvalue weighted by Crippen LogP contribution is 2.40. The number of rotatable bonds is 4. The van der Waals surface area contributed by atoms with Gasteiger partial charge in [-0.3, -0.25) is 4.98 Å². The van der Waals surface area contributed by atoms with E-state index < -0.39 is 0 Å². The van der Waals surface area contributed by atoms with Crippen molar-refractivity contribution in [1.29, 1.82) is 0 Å². The number of para-hydroxylation sites is 1. The van der Waals surface area contributed by atoms with Gasteiger partial charge in [-0.15, -0.1) is 10.2 Å². The summed E-state index contributed by atoms with van der Waals surface area (Å²) in [5.41, 5.74) is 13.3. The van der Waals surface area contributed by atoms with E-state index in [2.05, 4.69) is 143 Å². The summed E-state index contributed by atoms with van der Waals surface area (Å²) in [5, 5.41) is 10.8. The molecule has 9 rings (SSSR count). The van der Waals surface area contributed by atoms with Gasteiger partial charge in [-0.1, -0.05) is 103 Å². The van der Waals surface area contributed by atoms with Crippen LogP contribution in [0.5, 0.6) is 0 Å². The Bertz CT molecular complexity index is 2310.